The molecule has 3 heterocycles. The van der Waals surface area contributed by atoms with Gasteiger partial charge in [-0.15, -0.1) is 0 Å². The van der Waals surface area contributed by atoms with Crippen molar-refractivity contribution in [2.24, 2.45) is 5.92 Å². The molecule has 2 aliphatic rings. The number of nitrogens with one attached hydrogen (secondary N) is 2. The van der Waals surface area contributed by atoms with E-state index in [1.54, 1.807) is 18.2 Å². The summed E-state index contributed by atoms with van der Waals surface area (Å²) in [6.45, 7) is 11.0. The van der Waals surface area contributed by atoms with Gasteiger partial charge in [0, 0.05) is 36.8 Å². The van der Waals surface area contributed by atoms with Crippen LogP contribution in [0.4, 0.5) is 21.6 Å². The minimum absolute atomic E-state index is 0.0114. The third-order valence-electron chi connectivity index (χ3n) is 7.66. The molecule has 228 valence electrons. The van der Waals surface area contributed by atoms with Crippen molar-refractivity contribution in [3.63, 3.8) is 0 Å². The standard InChI is InChI=1S/C31H36ClFN6O4/c1-3-29(40)37-27-14-23-26(34-19-35-31(23)36-22-5-6-25(33)24(32)13-22)15-28(27)42-12-4-9-38-10-7-21(8-11-38)17-39-16-20(2)43-30(41)18-39/h3,5-6,13-15,19-21H,1,4,7-12,16-18H2,2H3,(H,37,40)(H,34,35,36). The number of piperidine rings is 1. The highest BCUT2D eigenvalue weighted by atomic mass is 35.5. The summed E-state index contributed by atoms with van der Waals surface area (Å²) in [5, 5.41) is 6.58. The van der Waals surface area contributed by atoms with Crippen LogP contribution in [0.2, 0.25) is 5.02 Å². The van der Waals surface area contributed by atoms with E-state index in [0.29, 0.717) is 52.9 Å². The van der Waals surface area contributed by atoms with Crippen molar-refractivity contribution in [1.82, 2.24) is 19.8 Å². The molecule has 1 amide bonds. The first-order valence-electron chi connectivity index (χ1n) is 14.5. The summed E-state index contributed by atoms with van der Waals surface area (Å²) in [6.07, 6.45) is 5.59. The molecule has 2 aromatic carbocycles. The van der Waals surface area contributed by atoms with Crippen molar-refractivity contribution >= 4 is 51.6 Å². The lowest BCUT2D eigenvalue weighted by molar-refractivity contribution is -0.157. The van der Waals surface area contributed by atoms with Crippen LogP contribution in [0.1, 0.15) is 26.2 Å². The van der Waals surface area contributed by atoms with Crippen molar-refractivity contribution in [1.29, 1.82) is 0 Å². The van der Waals surface area contributed by atoms with Crippen molar-refractivity contribution in [3.05, 3.63) is 60.2 Å². The molecule has 43 heavy (non-hydrogen) atoms. The highest BCUT2D eigenvalue weighted by Gasteiger charge is 2.27. The van der Waals surface area contributed by atoms with Gasteiger partial charge < -0.3 is 25.0 Å². The number of anilines is 3. The van der Waals surface area contributed by atoms with Crippen LogP contribution in [-0.2, 0) is 14.3 Å². The summed E-state index contributed by atoms with van der Waals surface area (Å²) < 4.78 is 25.0. The van der Waals surface area contributed by atoms with Crippen LogP contribution in [0.3, 0.4) is 0 Å². The largest absolute Gasteiger partial charge is 0.491 e. The van der Waals surface area contributed by atoms with Crippen LogP contribution < -0.4 is 15.4 Å². The van der Waals surface area contributed by atoms with E-state index in [0.717, 1.165) is 52.0 Å². The predicted molar refractivity (Wildman–Crippen MR) is 164 cm³/mol. The Labute approximate surface area is 255 Å². The number of carbonyl (C=O) groups excluding carboxylic acids is 2. The van der Waals surface area contributed by atoms with Crippen LogP contribution in [0.5, 0.6) is 5.75 Å². The average Bonchev–Trinajstić information content (AvgIpc) is 2.98. The number of aromatic nitrogens is 2. The number of carbonyl (C=O) groups is 2. The molecular formula is C31H36ClFN6O4. The van der Waals surface area contributed by atoms with Gasteiger partial charge in [0.25, 0.3) is 0 Å². The molecular weight excluding hydrogens is 575 g/mol. The van der Waals surface area contributed by atoms with Gasteiger partial charge >= 0.3 is 5.97 Å². The lowest BCUT2D eigenvalue weighted by Crippen LogP contribution is -2.47. The predicted octanol–water partition coefficient (Wildman–Crippen LogP) is 5.02. The molecule has 1 atom stereocenters. The zero-order valence-electron chi connectivity index (χ0n) is 24.2. The summed E-state index contributed by atoms with van der Waals surface area (Å²) in [5.74, 6) is 0.518. The lowest BCUT2D eigenvalue weighted by atomic mass is 9.95. The van der Waals surface area contributed by atoms with Crippen LogP contribution in [-0.4, -0.2) is 83.6 Å². The third-order valence-corrected chi connectivity index (χ3v) is 7.95. The van der Waals surface area contributed by atoms with Crippen molar-refractivity contribution in [2.45, 2.75) is 32.3 Å². The second-order valence-electron chi connectivity index (χ2n) is 11.0. The molecule has 0 spiro atoms. The minimum Gasteiger partial charge on any atom is -0.491 e. The molecule has 10 nitrogen and oxygen atoms in total. The number of halogens is 2. The Bertz CT molecular complexity index is 1480. The van der Waals surface area contributed by atoms with Gasteiger partial charge in [0.05, 0.1) is 29.4 Å². The Balaban J connectivity index is 1.18. The molecule has 5 rings (SSSR count). The van der Waals surface area contributed by atoms with Gasteiger partial charge in [0.1, 0.15) is 29.8 Å². The van der Waals surface area contributed by atoms with E-state index in [1.165, 1.54) is 24.5 Å². The fourth-order valence-corrected chi connectivity index (χ4v) is 5.75. The average molecular weight is 611 g/mol. The molecule has 0 radical (unpaired) electrons. The Morgan fingerprint density at radius 1 is 1.23 bits per heavy atom. The molecule has 1 unspecified atom stereocenters. The maximum Gasteiger partial charge on any atom is 0.320 e. The maximum atomic E-state index is 13.6. The number of hydrogen-bond acceptors (Lipinski definition) is 9. The first-order chi connectivity index (χ1) is 20.8. The van der Waals surface area contributed by atoms with Crippen LogP contribution >= 0.6 is 11.6 Å². The number of cyclic esters (lactones) is 1. The van der Waals surface area contributed by atoms with Gasteiger partial charge in [-0.2, -0.15) is 0 Å². The summed E-state index contributed by atoms with van der Waals surface area (Å²) in [5.41, 5.74) is 1.62. The molecule has 1 aromatic heterocycles. The van der Waals surface area contributed by atoms with E-state index in [4.69, 9.17) is 21.1 Å². The number of amides is 1. The van der Waals surface area contributed by atoms with E-state index >= 15 is 0 Å². The van der Waals surface area contributed by atoms with Gasteiger partial charge in [-0.1, -0.05) is 18.2 Å². The van der Waals surface area contributed by atoms with Gasteiger partial charge in [-0.25, -0.2) is 14.4 Å². The number of esters is 1. The first-order valence-corrected chi connectivity index (χ1v) is 14.9. The van der Waals surface area contributed by atoms with Gasteiger partial charge in [0.2, 0.25) is 5.91 Å². The number of benzene rings is 2. The third kappa shape index (κ3) is 8.19. The van der Waals surface area contributed by atoms with E-state index in [-0.39, 0.29) is 23.0 Å². The van der Waals surface area contributed by atoms with Crippen LogP contribution in [0, 0.1) is 11.7 Å². The van der Waals surface area contributed by atoms with E-state index in [9.17, 15) is 14.0 Å². The number of hydrogen-bond donors (Lipinski definition) is 2. The molecule has 2 saturated heterocycles. The fraction of sp³-hybridized carbons (Fsp3) is 0.419. The summed E-state index contributed by atoms with van der Waals surface area (Å²) in [6, 6.07) is 7.81. The number of rotatable bonds is 11. The zero-order chi connectivity index (χ0) is 30.3. The number of likely N-dealkylation sites (tertiary alicyclic amines) is 1. The fourth-order valence-electron chi connectivity index (χ4n) is 5.57. The Morgan fingerprint density at radius 2 is 2.05 bits per heavy atom. The van der Waals surface area contributed by atoms with Crippen molar-refractivity contribution in [3.8, 4) is 5.75 Å². The normalized spacial score (nSPS) is 18.3. The highest BCUT2D eigenvalue weighted by Crippen LogP contribution is 2.34. The van der Waals surface area contributed by atoms with Gasteiger partial charge in [-0.3, -0.25) is 14.5 Å². The number of ether oxygens (including phenoxy) is 2. The lowest BCUT2D eigenvalue weighted by Gasteiger charge is -2.37. The Kier molecular flexibility index (Phi) is 10.1. The number of nitrogens with zero attached hydrogens (tertiary/aromatic N) is 4. The Hall–Kier alpha value is -3.80. The highest BCUT2D eigenvalue weighted by molar-refractivity contribution is 6.31. The molecule has 2 N–H and O–H groups in total. The maximum absolute atomic E-state index is 13.6. The molecule has 2 aliphatic heterocycles. The van der Waals surface area contributed by atoms with E-state index < -0.39 is 5.82 Å². The second kappa shape index (κ2) is 14.1. The van der Waals surface area contributed by atoms with E-state index in [2.05, 4.69) is 37.0 Å². The zero-order valence-corrected chi connectivity index (χ0v) is 24.9. The summed E-state index contributed by atoms with van der Waals surface area (Å²) in [4.78, 5) is 37.4. The molecule has 3 aromatic rings. The monoisotopic (exact) mass is 610 g/mol. The number of fused-ring (bicyclic) bond motifs is 1. The van der Waals surface area contributed by atoms with Crippen molar-refractivity contribution < 1.29 is 23.5 Å². The summed E-state index contributed by atoms with van der Waals surface area (Å²) >= 11 is 5.94. The first kappa shape index (κ1) is 30.7. The SMILES string of the molecule is C=CC(=O)Nc1cc2c(Nc3ccc(F)c(Cl)c3)ncnc2cc1OCCCN1CCC(CN2CC(=O)OC(C)C2)CC1. The summed E-state index contributed by atoms with van der Waals surface area (Å²) in [7, 11) is 0. The van der Waals surface area contributed by atoms with Crippen LogP contribution in [0.25, 0.3) is 10.9 Å². The number of morpholine rings is 1. The van der Waals surface area contributed by atoms with E-state index in [1.807, 2.05) is 6.92 Å². The minimum atomic E-state index is -0.516. The molecule has 0 bridgehead atoms. The van der Waals surface area contributed by atoms with Crippen molar-refractivity contribution in [2.75, 3.05) is 56.5 Å². The molecule has 0 saturated carbocycles. The topological polar surface area (TPSA) is 109 Å². The second-order valence-corrected chi connectivity index (χ2v) is 11.4. The molecule has 12 heteroatoms. The molecule has 0 aliphatic carbocycles. The quantitative estimate of drug-likeness (QED) is 0.176. The Morgan fingerprint density at radius 3 is 2.79 bits per heavy atom. The van der Waals surface area contributed by atoms with Gasteiger partial charge in [-0.05, 0) is 75.5 Å². The molecule has 2 fully saturated rings. The smallest absolute Gasteiger partial charge is 0.320 e. The van der Waals surface area contributed by atoms with Gasteiger partial charge in [0.15, 0.2) is 0 Å². The van der Waals surface area contributed by atoms with Crippen LogP contribution in [0.15, 0.2) is 49.3 Å².